The van der Waals surface area contributed by atoms with Gasteiger partial charge in [0.05, 0.1) is 0 Å². The van der Waals surface area contributed by atoms with Crippen molar-refractivity contribution in [3.8, 4) is 0 Å². The highest BCUT2D eigenvalue weighted by Gasteiger charge is 2.12. The molecule has 2 rings (SSSR count). The number of benzene rings is 2. The third kappa shape index (κ3) is 3.41. The van der Waals surface area contributed by atoms with Crippen LogP contribution in [0.4, 0.5) is 11.4 Å². The maximum absolute atomic E-state index is 12.2. The molecule has 5 nitrogen and oxygen atoms in total. The summed E-state index contributed by atoms with van der Waals surface area (Å²) in [6.07, 6.45) is 0. The number of primary amides is 1. The Labute approximate surface area is 130 Å². The van der Waals surface area contributed by atoms with Crippen LogP contribution in [0.1, 0.15) is 26.3 Å². The van der Waals surface area contributed by atoms with E-state index in [2.05, 4.69) is 21.2 Å². The molecule has 108 valence electrons. The van der Waals surface area contributed by atoms with Gasteiger partial charge in [-0.25, -0.2) is 0 Å². The third-order valence-electron chi connectivity index (χ3n) is 3.03. The molecule has 0 saturated heterocycles. The lowest BCUT2D eigenvalue weighted by molar-refractivity contribution is 0.0995. The van der Waals surface area contributed by atoms with Gasteiger partial charge in [0, 0.05) is 27.0 Å². The molecule has 5 N–H and O–H groups in total. The Morgan fingerprint density at radius 2 is 1.90 bits per heavy atom. The van der Waals surface area contributed by atoms with Crippen LogP contribution < -0.4 is 16.8 Å². The van der Waals surface area contributed by atoms with Crippen molar-refractivity contribution in [2.75, 3.05) is 11.1 Å². The minimum absolute atomic E-state index is 0.312. The molecule has 0 radical (unpaired) electrons. The van der Waals surface area contributed by atoms with Crippen LogP contribution in [0.5, 0.6) is 0 Å². The van der Waals surface area contributed by atoms with E-state index in [0.29, 0.717) is 28.1 Å². The SMILES string of the molecule is Cc1c(NC(=O)c2cc(N)cc(Br)c2)cccc1C(N)=O. The maximum atomic E-state index is 12.2. The van der Waals surface area contributed by atoms with Crippen LogP contribution in [-0.2, 0) is 0 Å². The van der Waals surface area contributed by atoms with Crippen LogP contribution in [0.25, 0.3) is 0 Å². The van der Waals surface area contributed by atoms with E-state index in [1.165, 1.54) is 0 Å². The predicted molar refractivity (Wildman–Crippen MR) is 86.2 cm³/mol. The van der Waals surface area contributed by atoms with Gasteiger partial charge in [-0.05, 0) is 42.8 Å². The summed E-state index contributed by atoms with van der Waals surface area (Å²) in [5.41, 5.74) is 13.4. The first-order valence-corrected chi connectivity index (χ1v) is 6.94. The number of anilines is 2. The number of hydrogen-bond acceptors (Lipinski definition) is 3. The van der Waals surface area contributed by atoms with Crippen molar-refractivity contribution < 1.29 is 9.59 Å². The molecule has 0 atom stereocenters. The lowest BCUT2D eigenvalue weighted by Gasteiger charge is -2.11. The van der Waals surface area contributed by atoms with Gasteiger partial charge in [0.25, 0.3) is 5.91 Å². The molecule has 0 fully saturated rings. The topological polar surface area (TPSA) is 98.2 Å². The highest BCUT2D eigenvalue weighted by atomic mass is 79.9. The molecular weight excluding hydrogens is 334 g/mol. The van der Waals surface area contributed by atoms with Crippen molar-refractivity contribution in [3.05, 3.63) is 57.6 Å². The average Bonchev–Trinajstić information content (AvgIpc) is 2.39. The average molecular weight is 348 g/mol. The maximum Gasteiger partial charge on any atom is 0.255 e. The van der Waals surface area contributed by atoms with Crippen LogP contribution in [0, 0.1) is 6.92 Å². The van der Waals surface area contributed by atoms with Gasteiger partial charge in [0.1, 0.15) is 0 Å². The third-order valence-corrected chi connectivity index (χ3v) is 3.49. The Balaban J connectivity index is 2.32. The van der Waals surface area contributed by atoms with Gasteiger partial charge in [-0.3, -0.25) is 9.59 Å². The Morgan fingerprint density at radius 3 is 2.52 bits per heavy atom. The zero-order chi connectivity index (χ0) is 15.6. The van der Waals surface area contributed by atoms with Gasteiger partial charge in [-0.2, -0.15) is 0 Å². The molecule has 0 aliphatic heterocycles. The predicted octanol–water partition coefficient (Wildman–Crippen LogP) is 2.69. The van der Waals surface area contributed by atoms with Crippen molar-refractivity contribution in [3.63, 3.8) is 0 Å². The standard InChI is InChI=1S/C15H14BrN3O2/c1-8-12(14(18)20)3-2-4-13(8)19-15(21)9-5-10(16)7-11(17)6-9/h2-7H,17H2,1H3,(H2,18,20)(H,19,21). The minimum atomic E-state index is -0.532. The van der Waals surface area contributed by atoms with Crippen LogP contribution in [0.3, 0.4) is 0 Å². The molecule has 0 heterocycles. The first-order valence-electron chi connectivity index (χ1n) is 6.15. The molecule has 0 aliphatic carbocycles. The van der Waals surface area contributed by atoms with E-state index in [4.69, 9.17) is 11.5 Å². The first-order chi connectivity index (χ1) is 9.88. The lowest BCUT2D eigenvalue weighted by Crippen LogP contribution is -2.17. The summed E-state index contributed by atoms with van der Waals surface area (Å²) in [7, 11) is 0. The summed E-state index contributed by atoms with van der Waals surface area (Å²) in [5.74, 6) is -0.844. The van der Waals surface area contributed by atoms with Gasteiger partial charge < -0.3 is 16.8 Å². The molecule has 2 aromatic carbocycles. The zero-order valence-corrected chi connectivity index (χ0v) is 12.9. The normalized spacial score (nSPS) is 10.2. The van der Waals surface area contributed by atoms with Crippen molar-refractivity contribution in [1.29, 1.82) is 0 Å². The van der Waals surface area contributed by atoms with Crippen LogP contribution in [0.15, 0.2) is 40.9 Å². The molecule has 6 heteroatoms. The molecule has 0 spiro atoms. The number of carbonyl (C=O) groups is 2. The summed E-state index contributed by atoms with van der Waals surface area (Å²) in [6.45, 7) is 1.73. The fourth-order valence-electron chi connectivity index (χ4n) is 1.98. The van der Waals surface area contributed by atoms with E-state index in [1.54, 1.807) is 43.3 Å². The molecule has 0 unspecified atom stereocenters. The van der Waals surface area contributed by atoms with E-state index in [0.717, 1.165) is 4.47 Å². The van der Waals surface area contributed by atoms with Gasteiger partial charge in [0.15, 0.2) is 0 Å². The second kappa shape index (κ2) is 5.97. The highest BCUT2D eigenvalue weighted by molar-refractivity contribution is 9.10. The highest BCUT2D eigenvalue weighted by Crippen LogP contribution is 2.21. The van der Waals surface area contributed by atoms with E-state index >= 15 is 0 Å². The summed E-state index contributed by atoms with van der Waals surface area (Å²) >= 11 is 3.29. The van der Waals surface area contributed by atoms with Crippen molar-refractivity contribution in [2.45, 2.75) is 6.92 Å². The second-order valence-electron chi connectivity index (χ2n) is 4.57. The fraction of sp³-hybridized carbons (Fsp3) is 0.0667. The van der Waals surface area contributed by atoms with E-state index in [-0.39, 0.29) is 5.91 Å². The van der Waals surface area contributed by atoms with Gasteiger partial charge >= 0.3 is 0 Å². The number of amides is 2. The van der Waals surface area contributed by atoms with Crippen molar-refractivity contribution >= 4 is 39.1 Å². The number of nitrogens with two attached hydrogens (primary N) is 2. The van der Waals surface area contributed by atoms with Crippen LogP contribution in [-0.4, -0.2) is 11.8 Å². The van der Waals surface area contributed by atoms with Crippen LogP contribution in [0.2, 0.25) is 0 Å². The summed E-state index contributed by atoms with van der Waals surface area (Å²) < 4.78 is 0.718. The smallest absolute Gasteiger partial charge is 0.255 e. The first kappa shape index (κ1) is 15.1. The molecular formula is C15H14BrN3O2. The number of hydrogen-bond donors (Lipinski definition) is 3. The Bertz CT molecular complexity index is 709. The number of halogens is 1. The summed E-state index contributed by atoms with van der Waals surface area (Å²) in [4.78, 5) is 23.6. The van der Waals surface area contributed by atoms with E-state index in [9.17, 15) is 9.59 Å². The Hall–Kier alpha value is -2.34. The molecule has 0 saturated carbocycles. The quantitative estimate of drug-likeness (QED) is 0.744. The fourth-order valence-corrected chi connectivity index (χ4v) is 2.49. The van der Waals surface area contributed by atoms with Gasteiger partial charge in [-0.15, -0.1) is 0 Å². The summed E-state index contributed by atoms with van der Waals surface area (Å²) in [6, 6.07) is 9.94. The van der Waals surface area contributed by atoms with Crippen molar-refractivity contribution in [1.82, 2.24) is 0 Å². The molecule has 0 aliphatic rings. The lowest BCUT2D eigenvalue weighted by atomic mass is 10.1. The van der Waals surface area contributed by atoms with Gasteiger partial charge in [0.2, 0.25) is 5.91 Å². The van der Waals surface area contributed by atoms with E-state index in [1.807, 2.05) is 0 Å². The van der Waals surface area contributed by atoms with Gasteiger partial charge in [-0.1, -0.05) is 22.0 Å². The minimum Gasteiger partial charge on any atom is -0.399 e. The number of nitrogens with one attached hydrogen (secondary N) is 1. The van der Waals surface area contributed by atoms with E-state index < -0.39 is 5.91 Å². The monoisotopic (exact) mass is 347 g/mol. The molecule has 0 bridgehead atoms. The molecule has 21 heavy (non-hydrogen) atoms. The Kier molecular flexibility index (Phi) is 4.28. The summed E-state index contributed by atoms with van der Waals surface area (Å²) in [5, 5.41) is 2.75. The molecule has 0 aromatic heterocycles. The van der Waals surface area contributed by atoms with Crippen LogP contribution >= 0.6 is 15.9 Å². The Morgan fingerprint density at radius 1 is 1.19 bits per heavy atom. The number of nitrogen functional groups attached to an aromatic ring is 1. The zero-order valence-electron chi connectivity index (χ0n) is 11.3. The number of carbonyl (C=O) groups excluding carboxylic acids is 2. The molecule has 2 aromatic rings. The number of rotatable bonds is 3. The molecule has 2 amide bonds. The van der Waals surface area contributed by atoms with Crippen molar-refractivity contribution in [2.24, 2.45) is 5.73 Å². The largest absolute Gasteiger partial charge is 0.399 e. The second-order valence-corrected chi connectivity index (χ2v) is 5.49.